The molecule has 0 aromatic heterocycles. The monoisotopic (exact) mass is 196 g/mol. The van der Waals surface area contributed by atoms with Gasteiger partial charge in [0.15, 0.2) is 0 Å². The summed E-state index contributed by atoms with van der Waals surface area (Å²) in [5.41, 5.74) is 0.564. The molecule has 1 N–H and O–H groups in total. The third-order valence-electron chi connectivity index (χ3n) is 3.65. The minimum Gasteiger partial charge on any atom is -0.313 e. The molecule has 0 aliphatic carbocycles. The molecule has 1 atom stereocenters. The van der Waals surface area contributed by atoms with Gasteiger partial charge in [0.05, 0.1) is 0 Å². The molecule has 2 aliphatic heterocycles. The van der Waals surface area contributed by atoms with Crippen LogP contribution in [0.1, 0.15) is 39.5 Å². The molecule has 0 aromatic rings. The zero-order valence-electron chi connectivity index (χ0n) is 9.68. The van der Waals surface area contributed by atoms with Crippen molar-refractivity contribution in [3.63, 3.8) is 0 Å². The minimum absolute atomic E-state index is 0.564. The first-order chi connectivity index (χ1) is 6.66. The van der Waals surface area contributed by atoms with Crippen molar-refractivity contribution in [1.29, 1.82) is 0 Å². The summed E-state index contributed by atoms with van der Waals surface area (Å²) in [4.78, 5) is 2.64. The van der Waals surface area contributed by atoms with Gasteiger partial charge in [-0.1, -0.05) is 20.3 Å². The summed E-state index contributed by atoms with van der Waals surface area (Å²) in [7, 11) is 0. The summed E-state index contributed by atoms with van der Waals surface area (Å²) >= 11 is 0. The van der Waals surface area contributed by atoms with Crippen molar-refractivity contribution in [3.05, 3.63) is 0 Å². The van der Waals surface area contributed by atoms with E-state index in [0.29, 0.717) is 5.41 Å². The maximum atomic E-state index is 3.63. The highest BCUT2D eigenvalue weighted by Crippen LogP contribution is 2.29. The number of hydrogen-bond acceptors (Lipinski definition) is 2. The Morgan fingerprint density at radius 2 is 2.21 bits per heavy atom. The van der Waals surface area contributed by atoms with Crippen LogP contribution in [-0.2, 0) is 0 Å². The number of rotatable bonds is 2. The highest BCUT2D eigenvalue weighted by atomic mass is 15.2. The van der Waals surface area contributed by atoms with Gasteiger partial charge in [-0.2, -0.15) is 0 Å². The van der Waals surface area contributed by atoms with Gasteiger partial charge in [0.1, 0.15) is 0 Å². The van der Waals surface area contributed by atoms with Crippen LogP contribution in [0.4, 0.5) is 0 Å². The Morgan fingerprint density at radius 1 is 1.36 bits per heavy atom. The van der Waals surface area contributed by atoms with Gasteiger partial charge in [0, 0.05) is 19.1 Å². The SMILES string of the molecule is CC1(C)CCN(C[C@H]2CCCCN2)C1. The number of nitrogens with zero attached hydrogens (tertiary/aromatic N) is 1. The van der Waals surface area contributed by atoms with Crippen LogP contribution in [0.25, 0.3) is 0 Å². The second-order valence-electron chi connectivity index (χ2n) is 5.80. The predicted octanol–water partition coefficient (Wildman–Crippen LogP) is 1.86. The first-order valence-electron chi connectivity index (χ1n) is 6.11. The third kappa shape index (κ3) is 2.71. The van der Waals surface area contributed by atoms with E-state index in [-0.39, 0.29) is 0 Å². The Labute approximate surface area is 88.1 Å². The number of hydrogen-bond donors (Lipinski definition) is 1. The zero-order chi connectivity index (χ0) is 10.0. The lowest BCUT2D eigenvalue weighted by Gasteiger charge is -2.28. The molecule has 14 heavy (non-hydrogen) atoms. The molecule has 2 heterocycles. The maximum Gasteiger partial charge on any atom is 0.0195 e. The van der Waals surface area contributed by atoms with Crippen LogP contribution in [0.2, 0.25) is 0 Å². The summed E-state index contributed by atoms with van der Waals surface area (Å²) in [5, 5.41) is 3.63. The van der Waals surface area contributed by atoms with E-state index in [4.69, 9.17) is 0 Å². The summed E-state index contributed by atoms with van der Waals surface area (Å²) in [6, 6.07) is 0.776. The van der Waals surface area contributed by atoms with Crippen LogP contribution >= 0.6 is 0 Å². The van der Waals surface area contributed by atoms with E-state index in [2.05, 4.69) is 24.1 Å². The first-order valence-corrected chi connectivity index (χ1v) is 6.11. The lowest BCUT2D eigenvalue weighted by molar-refractivity contribution is 0.241. The molecule has 0 saturated carbocycles. The fourth-order valence-electron chi connectivity index (χ4n) is 2.77. The lowest BCUT2D eigenvalue weighted by Crippen LogP contribution is -2.43. The molecule has 2 heteroatoms. The van der Waals surface area contributed by atoms with Crippen molar-refractivity contribution in [1.82, 2.24) is 10.2 Å². The maximum absolute atomic E-state index is 3.63. The summed E-state index contributed by atoms with van der Waals surface area (Å²) in [5.74, 6) is 0. The molecular formula is C12H24N2. The lowest BCUT2D eigenvalue weighted by atomic mass is 9.93. The average Bonchev–Trinajstić information content (AvgIpc) is 2.47. The van der Waals surface area contributed by atoms with Gasteiger partial charge < -0.3 is 10.2 Å². The van der Waals surface area contributed by atoms with Crippen molar-refractivity contribution in [3.8, 4) is 0 Å². The van der Waals surface area contributed by atoms with E-state index < -0.39 is 0 Å². The normalized spacial score (nSPS) is 33.4. The molecule has 0 bridgehead atoms. The Bertz CT molecular complexity index is 183. The van der Waals surface area contributed by atoms with Crippen molar-refractivity contribution >= 4 is 0 Å². The van der Waals surface area contributed by atoms with Crippen molar-refractivity contribution in [2.45, 2.75) is 45.6 Å². The van der Waals surface area contributed by atoms with E-state index in [1.807, 2.05) is 0 Å². The van der Waals surface area contributed by atoms with Crippen LogP contribution in [0.3, 0.4) is 0 Å². The van der Waals surface area contributed by atoms with E-state index in [0.717, 1.165) is 6.04 Å². The molecule has 82 valence electrons. The van der Waals surface area contributed by atoms with Gasteiger partial charge in [-0.15, -0.1) is 0 Å². The summed E-state index contributed by atoms with van der Waals surface area (Å²) < 4.78 is 0. The van der Waals surface area contributed by atoms with Crippen LogP contribution < -0.4 is 5.32 Å². The van der Waals surface area contributed by atoms with Crippen molar-refractivity contribution in [2.75, 3.05) is 26.2 Å². The van der Waals surface area contributed by atoms with E-state index in [1.54, 1.807) is 0 Å². The Kier molecular flexibility index (Phi) is 3.13. The second-order valence-corrected chi connectivity index (χ2v) is 5.80. The third-order valence-corrected chi connectivity index (χ3v) is 3.65. The van der Waals surface area contributed by atoms with Crippen LogP contribution in [0, 0.1) is 5.41 Å². The van der Waals surface area contributed by atoms with Gasteiger partial charge >= 0.3 is 0 Å². The minimum atomic E-state index is 0.564. The molecule has 0 spiro atoms. The van der Waals surface area contributed by atoms with Crippen LogP contribution in [0.15, 0.2) is 0 Å². The van der Waals surface area contributed by atoms with Crippen molar-refractivity contribution < 1.29 is 0 Å². The average molecular weight is 196 g/mol. The Hall–Kier alpha value is -0.0800. The molecule has 0 unspecified atom stereocenters. The highest BCUT2D eigenvalue weighted by molar-refractivity contribution is 4.85. The molecule has 2 nitrogen and oxygen atoms in total. The standard InChI is InChI=1S/C12H24N2/c1-12(2)6-8-14(10-12)9-11-5-3-4-7-13-11/h11,13H,3-10H2,1-2H3/t11-/m1/s1. The van der Waals surface area contributed by atoms with Crippen LogP contribution in [-0.4, -0.2) is 37.1 Å². The quantitative estimate of drug-likeness (QED) is 0.725. The summed E-state index contributed by atoms with van der Waals surface area (Å²) in [6.07, 6.45) is 5.56. The molecule has 2 fully saturated rings. The molecule has 2 saturated heterocycles. The second kappa shape index (κ2) is 4.19. The predicted molar refractivity (Wildman–Crippen MR) is 60.5 cm³/mol. The van der Waals surface area contributed by atoms with E-state index in [1.165, 1.54) is 51.9 Å². The largest absolute Gasteiger partial charge is 0.313 e. The van der Waals surface area contributed by atoms with Gasteiger partial charge in [-0.05, 0) is 37.8 Å². The highest BCUT2D eigenvalue weighted by Gasteiger charge is 2.30. The van der Waals surface area contributed by atoms with Crippen molar-refractivity contribution in [2.24, 2.45) is 5.41 Å². The van der Waals surface area contributed by atoms with Gasteiger partial charge in [-0.3, -0.25) is 0 Å². The van der Waals surface area contributed by atoms with Gasteiger partial charge in [0.2, 0.25) is 0 Å². The first kappa shape index (κ1) is 10.4. The number of nitrogens with one attached hydrogen (secondary N) is 1. The zero-order valence-corrected chi connectivity index (χ0v) is 9.68. The topological polar surface area (TPSA) is 15.3 Å². The molecule has 2 rings (SSSR count). The number of likely N-dealkylation sites (tertiary alicyclic amines) is 1. The van der Waals surface area contributed by atoms with E-state index >= 15 is 0 Å². The number of piperidine rings is 1. The fourth-order valence-corrected chi connectivity index (χ4v) is 2.77. The van der Waals surface area contributed by atoms with Gasteiger partial charge in [-0.25, -0.2) is 0 Å². The smallest absolute Gasteiger partial charge is 0.0195 e. The van der Waals surface area contributed by atoms with Gasteiger partial charge in [0.25, 0.3) is 0 Å². The summed E-state index contributed by atoms with van der Waals surface area (Å²) in [6.45, 7) is 9.91. The van der Waals surface area contributed by atoms with Crippen LogP contribution in [0.5, 0.6) is 0 Å². The van der Waals surface area contributed by atoms with E-state index in [9.17, 15) is 0 Å². The fraction of sp³-hybridized carbons (Fsp3) is 1.00. The molecular weight excluding hydrogens is 172 g/mol. The molecule has 2 aliphatic rings. The Balaban J connectivity index is 1.75. The Morgan fingerprint density at radius 3 is 2.79 bits per heavy atom. The molecule has 0 aromatic carbocycles. The molecule has 0 amide bonds. The molecule has 0 radical (unpaired) electrons.